The first-order valence-corrected chi connectivity index (χ1v) is 9.66. The summed E-state index contributed by atoms with van der Waals surface area (Å²) in [6.45, 7) is 5.11. The van der Waals surface area contributed by atoms with Crippen LogP contribution in [0.15, 0.2) is 24.3 Å². The molecule has 0 heterocycles. The second-order valence-electron chi connectivity index (χ2n) is 6.75. The molecule has 0 N–H and O–H groups in total. The summed E-state index contributed by atoms with van der Waals surface area (Å²) in [7, 11) is 5.63. The molecule has 0 radical (unpaired) electrons. The number of carbonyl (C=O) groups excluding carboxylic acids is 2. The van der Waals surface area contributed by atoms with Gasteiger partial charge in [-0.15, -0.1) is 0 Å². The molecule has 1 aromatic rings. The summed E-state index contributed by atoms with van der Waals surface area (Å²) in [5.74, 6) is 0.618. The summed E-state index contributed by atoms with van der Waals surface area (Å²) in [5.41, 5.74) is 1.10. The number of ether oxygens (including phenoxy) is 2. The van der Waals surface area contributed by atoms with Gasteiger partial charge in [0, 0.05) is 19.5 Å². The first kappa shape index (κ1) is 23.0. The molecule has 1 aromatic carbocycles. The van der Waals surface area contributed by atoms with Gasteiger partial charge < -0.3 is 19.3 Å². The second kappa shape index (κ2) is 12.3. The molecule has 0 aliphatic heterocycles. The molecule has 0 aromatic heterocycles. The number of esters is 1. The smallest absolute Gasteiger partial charge is 0.307 e. The minimum absolute atomic E-state index is 0.0312. The Labute approximate surface area is 163 Å². The Hall–Kier alpha value is -2.08. The van der Waals surface area contributed by atoms with Gasteiger partial charge >= 0.3 is 5.97 Å². The molecule has 1 unspecified atom stereocenters. The number of nitrogens with zero attached hydrogens (tertiary/aromatic N) is 2. The monoisotopic (exact) mass is 378 g/mol. The van der Waals surface area contributed by atoms with Crippen molar-refractivity contribution < 1.29 is 19.1 Å². The van der Waals surface area contributed by atoms with E-state index in [0.29, 0.717) is 26.1 Å². The van der Waals surface area contributed by atoms with Crippen LogP contribution in [-0.4, -0.2) is 62.6 Å². The zero-order valence-corrected chi connectivity index (χ0v) is 17.4. The zero-order chi connectivity index (χ0) is 20.2. The highest BCUT2D eigenvalue weighted by molar-refractivity contribution is 5.77. The van der Waals surface area contributed by atoms with Gasteiger partial charge in [0.25, 0.3) is 0 Å². The van der Waals surface area contributed by atoms with Crippen molar-refractivity contribution in [1.29, 1.82) is 0 Å². The standard InChI is InChI=1S/C21H34N2O4/c1-6-8-9-20(24)23(15-14-21(25)27-7-2)16-19(22(3)4)17-10-12-18(26-5)13-11-17/h10-13,19H,6-9,14-16H2,1-5H3. The lowest BCUT2D eigenvalue weighted by atomic mass is 10.0. The van der Waals surface area contributed by atoms with Crippen LogP contribution in [0.25, 0.3) is 0 Å². The number of hydrogen-bond donors (Lipinski definition) is 0. The van der Waals surface area contributed by atoms with Gasteiger partial charge in [0.05, 0.1) is 26.2 Å². The van der Waals surface area contributed by atoms with Crippen LogP contribution in [0.4, 0.5) is 0 Å². The SMILES string of the molecule is CCCCC(=O)N(CCC(=O)OCC)CC(c1ccc(OC)cc1)N(C)C. The molecule has 1 amide bonds. The van der Waals surface area contributed by atoms with Crippen LogP contribution in [0.2, 0.25) is 0 Å². The molecule has 152 valence electrons. The minimum Gasteiger partial charge on any atom is -0.497 e. The van der Waals surface area contributed by atoms with Gasteiger partial charge in [-0.2, -0.15) is 0 Å². The lowest BCUT2D eigenvalue weighted by Crippen LogP contribution is -2.40. The van der Waals surface area contributed by atoms with E-state index in [1.54, 1.807) is 18.9 Å². The predicted molar refractivity (Wildman–Crippen MR) is 107 cm³/mol. The van der Waals surface area contributed by atoms with E-state index in [9.17, 15) is 9.59 Å². The van der Waals surface area contributed by atoms with Crippen LogP contribution >= 0.6 is 0 Å². The minimum atomic E-state index is -0.267. The van der Waals surface area contributed by atoms with E-state index < -0.39 is 0 Å². The number of amides is 1. The van der Waals surface area contributed by atoms with Crippen molar-refractivity contribution >= 4 is 11.9 Å². The number of rotatable bonds is 12. The maximum Gasteiger partial charge on any atom is 0.307 e. The highest BCUT2D eigenvalue weighted by Crippen LogP contribution is 2.23. The summed E-state index contributed by atoms with van der Waals surface area (Å²) >= 11 is 0. The van der Waals surface area contributed by atoms with E-state index in [1.165, 1.54) is 0 Å². The molecule has 0 spiro atoms. The van der Waals surface area contributed by atoms with Crippen LogP contribution in [0.1, 0.15) is 51.1 Å². The van der Waals surface area contributed by atoms with Gasteiger partial charge in [-0.05, 0) is 45.1 Å². The molecule has 0 saturated heterocycles. The van der Waals surface area contributed by atoms with Crippen LogP contribution < -0.4 is 4.74 Å². The van der Waals surface area contributed by atoms with Crippen LogP contribution in [-0.2, 0) is 14.3 Å². The molecule has 1 rings (SSSR count). The number of likely N-dealkylation sites (N-methyl/N-ethyl adjacent to an activating group) is 1. The second-order valence-corrected chi connectivity index (χ2v) is 6.75. The van der Waals surface area contributed by atoms with E-state index in [1.807, 2.05) is 38.4 Å². The summed E-state index contributed by atoms with van der Waals surface area (Å²) in [6.07, 6.45) is 2.54. The summed E-state index contributed by atoms with van der Waals surface area (Å²) in [4.78, 5) is 28.3. The summed E-state index contributed by atoms with van der Waals surface area (Å²) in [5, 5.41) is 0. The molecule has 0 fully saturated rings. The fraction of sp³-hybridized carbons (Fsp3) is 0.619. The highest BCUT2D eigenvalue weighted by atomic mass is 16.5. The molecule has 6 heteroatoms. The van der Waals surface area contributed by atoms with E-state index in [2.05, 4.69) is 11.8 Å². The van der Waals surface area contributed by atoms with Crippen LogP contribution in [0, 0.1) is 0 Å². The van der Waals surface area contributed by atoms with Gasteiger partial charge in [-0.1, -0.05) is 25.5 Å². The van der Waals surface area contributed by atoms with Crippen molar-refractivity contribution in [3.05, 3.63) is 29.8 Å². The Kier molecular flexibility index (Phi) is 10.5. The van der Waals surface area contributed by atoms with Gasteiger partial charge in [-0.25, -0.2) is 0 Å². The van der Waals surface area contributed by atoms with Gasteiger partial charge in [0.1, 0.15) is 5.75 Å². The van der Waals surface area contributed by atoms with Crippen molar-refractivity contribution in [2.24, 2.45) is 0 Å². The lowest BCUT2D eigenvalue weighted by molar-refractivity contribution is -0.144. The number of unbranched alkanes of at least 4 members (excludes halogenated alkanes) is 1. The maximum atomic E-state index is 12.7. The average Bonchev–Trinajstić information content (AvgIpc) is 2.66. The number of hydrogen-bond acceptors (Lipinski definition) is 5. The van der Waals surface area contributed by atoms with Gasteiger partial charge in [0.2, 0.25) is 5.91 Å². The first-order chi connectivity index (χ1) is 12.9. The Morgan fingerprint density at radius 3 is 2.26 bits per heavy atom. The van der Waals surface area contributed by atoms with E-state index in [4.69, 9.17) is 9.47 Å². The molecule has 6 nitrogen and oxygen atoms in total. The van der Waals surface area contributed by atoms with Crippen molar-refractivity contribution in [2.75, 3.05) is 40.9 Å². The fourth-order valence-corrected chi connectivity index (χ4v) is 2.86. The molecule has 27 heavy (non-hydrogen) atoms. The Balaban J connectivity index is 2.91. The Morgan fingerprint density at radius 1 is 1.07 bits per heavy atom. The van der Waals surface area contributed by atoms with Gasteiger partial charge in [0.15, 0.2) is 0 Å². The quantitative estimate of drug-likeness (QED) is 0.523. The van der Waals surface area contributed by atoms with E-state index >= 15 is 0 Å². The molecule has 1 atom stereocenters. The maximum absolute atomic E-state index is 12.7. The number of methoxy groups -OCH3 is 1. The average molecular weight is 379 g/mol. The van der Waals surface area contributed by atoms with Crippen LogP contribution in [0.5, 0.6) is 5.75 Å². The third-order valence-corrected chi connectivity index (χ3v) is 4.51. The number of carbonyl (C=O) groups is 2. The van der Waals surface area contributed by atoms with E-state index in [0.717, 1.165) is 24.2 Å². The lowest BCUT2D eigenvalue weighted by Gasteiger charge is -2.32. The number of benzene rings is 1. The molecule has 0 saturated carbocycles. The molecule has 0 aliphatic rings. The van der Waals surface area contributed by atoms with Crippen LogP contribution in [0.3, 0.4) is 0 Å². The van der Waals surface area contributed by atoms with Crippen molar-refractivity contribution in [2.45, 2.75) is 45.6 Å². The normalized spacial score (nSPS) is 11.9. The molecule has 0 aliphatic carbocycles. The fourth-order valence-electron chi connectivity index (χ4n) is 2.86. The molecule has 0 bridgehead atoms. The summed E-state index contributed by atoms with van der Waals surface area (Å²) in [6, 6.07) is 7.91. The van der Waals surface area contributed by atoms with Crippen molar-refractivity contribution in [1.82, 2.24) is 9.80 Å². The molecular formula is C21H34N2O4. The summed E-state index contributed by atoms with van der Waals surface area (Å²) < 4.78 is 10.2. The largest absolute Gasteiger partial charge is 0.497 e. The van der Waals surface area contributed by atoms with Crippen molar-refractivity contribution in [3.63, 3.8) is 0 Å². The molecular weight excluding hydrogens is 344 g/mol. The topological polar surface area (TPSA) is 59.1 Å². The third-order valence-electron chi connectivity index (χ3n) is 4.51. The van der Waals surface area contributed by atoms with Crippen molar-refractivity contribution in [3.8, 4) is 5.75 Å². The first-order valence-electron chi connectivity index (χ1n) is 9.66. The zero-order valence-electron chi connectivity index (χ0n) is 17.4. The predicted octanol–water partition coefficient (Wildman–Crippen LogP) is 3.27. The van der Waals surface area contributed by atoms with Gasteiger partial charge in [-0.3, -0.25) is 9.59 Å². The highest BCUT2D eigenvalue weighted by Gasteiger charge is 2.22. The van der Waals surface area contributed by atoms with E-state index in [-0.39, 0.29) is 24.3 Å². The third kappa shape index (κ3) is 7.99. The Bertz CT molecular complexity index is 572. The Morgan fingerprint density at radius 2 is 1.74 bits per heavy atom.